The standard InChI is InChI=1S/C21H18O2.C9H10O2.CH5N3/c1-16-7-9-17(10-8-16)15-23-21(22)20-13-11-19(12-14-20)18-5-3-2-4-6-18;1-7-3-5-8(6-4-7)9(10)11-2;2-1(3)4/h2-14H,15H2,1H3;3-6H,1-2H3;(H5,2,3,4). The van der Waals surface area contributed by atoms with Crippen LogP contribution >= 0.6 is 0 Å². The lowest BCUT2D eigenvalue weighted by Crippen LogP contribution is -2.20. The molecule has 4 rings (SSSR count). The van der Waals surface area contributed by atoms with Gasteiger partial charge in [-0.15, -0.1) is 0 Å². The SMILES string of the molecule is COC(=O)c1ccc(C)cc1.Cc1ccc(COC(=O)c2ccc(-c3ccccc3)cc2)cc1.N=C(N)N. The Kier molecular flexibility index (Phi) is 11.8. The molecule has 0 radical (unpaired) electrons. The number of ether oxygens (including phenoxy) is 2. The first-order valence-corrected chi connectivity index (χ1v) is 11.8. The normalized spacial score (nSPS) is 9.55. The van der Waals surface area contributed by atoms with Gasteiger partial charge in [-0.05, 0) is 54.8 Å². The number of rotatable bonds is 5. The second kappa shape index (κ2) is 15.3. The van der Waals surface area contributed by atoms with Gasteiger partial charge in [0.05, 0.1) is 18.2 Å². The molecule has 0 amide bonds. The highest BCUT2D eigenvalue weighted by atomic mass is 16.5. The summed E-state index contributed by atoms with van der Waals surface area (Å²) in [4.78, 5) is 23.0. The van der Waals surface area contributed by atoms with Crippen molar-refractivity contribution >= 4 is 17.9 Å². The molecule has 0 heterocycles. The van der Waals surface area contributed by atoms with Crippen molar-refractivity contribution in [3.05, 3.63) is 131 Å². The van der Waals surface area contributed by atoms with Gasteiger partial charge in [0, 0.05) is 0 Å². The zero-order chi connectivity index (χ0) is 27.9. The van der Waals surface area contributed by atoms with E-state index >= 15 is 0 Å². The number of nitrogens with two attached hydrogens (primary N) is 2. The Morgan fingerprint density at radius 1 is 0.658 bits per heavy atom. The molecule has 4 aromatic carbocycles. The number of aryl methyl sites for hydroxylation is 2. The summed E-state index contributed by atoms with van der Waals surface area (Å²) in [5, 5.41) is 6.06. The molecule has 0 aliphatic heterocycles. The van der Waals surface area contributed by atoms with Crippen molar-refractivity contribution in [1.29, 1.82) is 5.41 Å². The van der Waals surface area contributed by atoms with Gasteiger partial charge in [0.2, 0.25) is 0 Å². The van der Waals surface area contributed by atoms with Crippen molar-refractivity contribution in [2.24, 2.45) is 11.5 Å². The summed E-state index contributed by atoms with van der Waals surface area (Å²) < 4.78 is 9.90. The van der Waals surface area contributed by atoms with E-state index in [4.69, 9.17) is 10.1 Å². The van der Waals surface area contributed by atoms with E-state index in [9.17, 15) is 9.59 Å². The minimum Gasteiger partial charge on any atom is -0.465 e. The van der Waals surface area contributed by atoms with Gasteiger partial charge in [-0.3, -0.25) is 5.41 Å². The Morgan fingerprint density at radius 3 is 1.58 bits per heavy atom. The molecule has 0 fully saturated rings. The number of methoxy groups -OCH3 is 1. The fourth-order valence-electron chi connectivity index (χ4n) is 3.15. The second-order valence-electron chi connectivity index (χ2n) is 8.32. The van der Waals surface area contributed by atoms with E-state index in [1.165, 1.54) is 12.7 Å². The van der Waals surface area contributed by atoms with Gasteiger partial charge in [0.15, 0.2) is 5.96 Å². The van der Waals surface area contributed by atoms with Crippen LogP contribution in [0.4, 0.5) is 0 Å². The minimum absolute atomic E-state index is 0.287. The highest BCUT2D eigenvalue weighted by Crippen LogP contribution is 2.19. The molecule has 0 atom stereocenters. The molecule has 0 saturated carbocycles. The van der Waals surface area contributed by atoms with Crippen LogP contribution in [0.1, 0.15) is 37.4 Å². The van der Waals surface area contributed by atoms with Crippen LogP contribution < -0.4 is 11.5 Å². The van der Waals surface area contributed by atoms with Gasteiger partial charge in [0.25, 0.3) is 0 Å². The maximum Gasteiger partial charge on any atom is 0.338 e. The second-order valence-corrected chi connectivity index (χ2v) is 8.32. The van der Waals surface area contributed by atoms with Gasteiger partial charge in [-0.2, -0.15) is 0 Å². The van der Waals surface area contributed by atoms with Crippen molar-refractivity contribution in [2.45, 2.75) is 20.5 Å². The lowest BCUT2D eigenvalue weighted by atomic mass is 10.0. The number of hydrogen-bond acceptors (Lipinski definition) is 5. The molecule has 5 N–H and O–H groups in total. The number of carbonyl (C=O) groups excluding carboxylic acids is 2. The fourth-order valence-corrected chi connectivity index (χ4v) is 3.15. The molecule has 7 heteroatoms. The number of carbonyl (C=O) groups is 2. The minimum atomic E-state index is -0.333. The maximum atomic E-state index is 12.1. The molecule has 0 spiro atoms. The number of esters is 2. The molecule has 7 nitrogen and oxygen atoms in total. The topological polar surface area (TPSA) is 128 Å². The van der Waals surface area contributed by atoms with E-state index in [1.54, 1.807) is 24.3 Å². The molecule has 0 aliphatic rings. The smallest absolute Gasteiger partial charge is 0.338 e. The predicted molar refractivity (Wildman–Crippen MR) is 151 cm³/mol. The first kappa shape index (κ1) is 29.3. The number of guanidine groups is 1. The average Bonchev–Trinajstić information content (AvgIpc) is 2.93. The van der Waals surface area contributed by atoms with E-state index in [-0.39, 0.29) is 17.9 Å². The lowest BCUT2D eigenvalue weighted by Gasteiger charge is -2.06. The van der Waals surface area contributed by atoms with Gasteiger partial charge in [-0.1, -0.05) is 90.0 Å². The molecule has 38 heavy (non-hydrogen) atoms. The van der Waals surface area contributed by atoms with Gasteiger partial charge < -0.3 is 20.9 Å². The van der Waals surface area contributed by atoms with Crippen LogP contribution in [0.15, 0.2) is 103 Å². The lowest BCUT2D eigenvalue weighted by molar-refractivity contribution is 0.0472. The summed E-state index contributed by atoms with van der Waals surface area (Å²) in [6, 6.07) is 32.8. The van der Waals surface area contributed by atoms with Crippen LogP contribution in [-0.4, -0.2) is 25.0 Å². The first-order valence-electron chi connectivity index (χ1n) is 11.8. The largest absolute Gasteiger partial charge is 0.465 e. The summed E-state index contributed by atoms with van der Waals surface area (Å²) in [7, 11) is 1.38. The van der Waals surface area contributed by atoms with Crippen LogP contribution in [0.2, 0.25) is 0 Å². The van der Waals surface area contributed by atoms with Crippen LogP contribution in [0.5, 0.6) is 0 Å². The maximum absolute atomic E-state index is 12.1. The number of hydrogen-bond donors (Lipinski definition) is 3. The summed E-state index contributed by atoms with van der Waals surface area (Å²) in [6.07, 6.45) is 0. The Labute approximate surface area is 223 Å². The van der Waals surface area contributed by atoms with Crippen molar-refractivity contribution in [3.8, 4) is 11.1 Å². The van der Waals surface area contributed by atoms with E-state index < -0.39 is 0 Å². The fraction of sp³-hybridized carbons (Fsp3) is 0.129. The highest BCUT2D eigenvalue weighted by molar-refractivity contribution is 5.90. The van der Waals surface area contributed by atoms with Gasteiger partial charge >= 0.3 is 11.9 Å². The molecule has 0 aromatic heterocycles. The Morgan fingerprint density at radius 2 is 1.08 bits per heavy atom. The van der Waals surface area contributed by atoms with E-state index in [2.05, 4.69) is 16.2 Å². The van der Waals surface area contributed by atoms with E-state index in [0.29, 0.717) is 17.7 Å². The molecule has 0 bridgehead atoms. The third-order valence-electron chi connectivity index (χ3n) is 5.19. The van der Waals surface area contributed by atoms with Gasteiger partial charge in [0.1, 0.15) is 6.61 Å². The Hall–Kier alpha value is -4.91. The summed E-state index contributed by atoms with van der Waals surface area (Å²) in [6.45, 7) is 4.30. The molecule has 196 valence electrons. The summed E-state index contributed by atoms with van der Waals surface area (Å²) >= 11 is 0. The number of benzene rings is 4. The van der Waals surface area contributed by atoms with Gasteiger partial charge in [-0.25, -0.2) is 9.59 Å². The van der Waals surface area contributed by atoms with Crippen LogP contribution in [-0.2, 0) is 16.1 Å². The monoisotopic (exact) mass is 511 g/mol. The summed E-state index contributed by atoms with van der Waals surface area (Å²) in [5.74, 6) is -0.921. The third-order valence-corrected chi connectivity index (χ3v) is 5.19. The molecular formula is C31H33N3O4. The van der Waals surface area contributed by atoms with Crippen LogP contribution in [0, 0.1) is 19.3 Å². The van der Waals surface area contributed by atoms with Crippen molar-refractivity contribution in [1.82, 2.24) is 0 Å². The van der Waals surface area contributed by atoms with E-state index in [0.717, 1.165) is 22.3 Å². The molecule has 0 saturated heterocycles. The molecule has 0 unspecified atom stereocenters. The molecule has 4 aromatic rings. The van der Waals surface area contributed by atoms with Crippen LogP contribution in [0.3, 0.4) is 0 Å². The van der Waals surface area contributed by atoms with Crippen LogP contribution in [0.25, 0.3) is 11.1 Å². The third kappa shape index (κ3) is 10.4. The Bertz CT molecular complexity index is 1300. The van der Waals surface area contributed by atoms with Crippen molar-refractivity contribution < 1.29 is 19.1 Å². The average molecular weight is 512 g/mol. The summed E-state index contributed by atoms with van der Waals surface area (Å²) in [5.41, 5.74) is 15.6. The number of nitrogens with one attached hydrogen (secondary N) is 1. The highest BCUT2D eigenvalue weighted by Gasteiger charge is 2.08. The zero-order valence-corrected chi connectivity index (χ0v) is 21.8. The van der Waals surface area contributed by atoms with E-state index in [1.807, 2.05) is 92.7 Å². The zero-order valence-electron chi connectivity index (χ0n) is 21.8. The predicted octanol–water partition coefficient (Wildman–Crippen LogP) is 5.64. The quantitative estimate of drug-likeness (QED) is 0.181. The van der Waals surface area contributed by atoms with Crippen molar-refractivity contribution in [2.75, 3.05) is 7.11 Å². The first-order chi connectivity index (χ1) is 18.2. The Balaban J connectivity index is 0.000000281. The molecule has 0 aliphatic carbocycles. The van der Waals surface area contributed by atoms with Crippen molar-refractivity contribution in [3.63, 3.8) is 0 Å². The molecular weight excluding hydrogens is 478 g/mol.